The molecule has 0 aromatic carbocycles. The Morgan fingerprint density at radius 3 is 2.65 bits per heavy atom. The number of aliphatic imine (C=N–C) groups is 1. The summed E-state index contributed by atoms with van der Waals surface area (Å²) < 4.78 is 5.07. The molecule has 1 rings (SSSR count). The number of carbonyl (C=O) groups excluding carboxylic acids is 1. The SMILES string of the molecule is CC(C)(C)OC(=O)NC1=NC=C(CO)[SH]1CO. The minimum Gasteiger partial charge on any atom is -0.444 e. The number of carbonyl (C=O) groups is 1. The third-order valence-corrected chi connectivity index (χ3v) is 3.83. The molecule has 98 valence electrons. The van der Waals surface area contributed by atoms with E-state index in [2.05, 4.69) is 10.3 Å². The van der Waals surface area contributed by atoms with E-state index >= 15 is 0 Å². The summed E-state index contributed by atoms with van der Waals surface area (Å²) >= 11 is 0. The number of rotatable bonds is 2. The predicted octanol–water partition coefficient (Wildman–Crippen LogP) is 0.665. The van der Waals surface area contributed by atoms with Crippen LogP contribution in [-0.2, 0) is 4.74 Å². The van der Waals surface area contributed by atoms with Gasteiger partial charge < -0.3 is 14.9 Å². The quantitative estimate of drug-likeness (QED) is 0.550. The normalized spacial score (nSPS) is 21.8. The number of aliphatic hydroxyl groups is 2. The predicted molar refractivity (Wildman–Crippen MR) is 68.0 cm³/mol. The number of hydrogen-bond acceptors (Lipinski definition) is 5. The van der Waals surface area contributed by atoms with E-state index < -0.39 is 22.6 Å². The lowest BCUT2D eigenvalue weighted by molar-refractivity contribution is 0.0564. The Morgan fingerprint density at radius 1 is 1.53 bits per heavy atom. The smallest absolute Gasteiger partial charge is 0.413 e. The van der Waals surface area contributed by atoms with E-state index in [9.17, 15) is 9.90 Å². The average molecular weight is 262 g/mol. The highest BCUT2D eigenvalue weighted by Gasteiger charge is 2.24. The van der Waals surface area contributed by atoms with Crippen molar-refractivity contribution in [2.24, 2.45) is 4.99 Å². The van der Waals surface area contributed by atoms with Crippen LogP contribution in [0.25, 0.3) is 0 Å². The van der Waals surface area contributed by atoms with Gasteiger partial charge in [0.25, 0.3) is 0 Å². The lowest BCUT2D eigenvalue weighted by Crippen LogP contribution is -2.36. The maximum absolute atomic E-state index is 11.5. The summed E-state index contributed by atoms with van der Waals surface area (Å²) in [6.45, 7) is 5.11. The van der Waals surface area contributed by atoms with Crippen LogP contribution in [0.2, 0.25) is 0 Å². The maximum Gasteiger partial charge on any atom is 0.413 e. The van der Waals surface area contributed by atoms with Gasteiger partial charge in [0.2, 0.25) is 0 Å². The molecule has 0 fully saturated rings. The zero-order valence-electron chi connectivity index (χ0n) is 10.1. The molecule has 7 heteroatoms. The van der Waals surface area contributed by atoms with Crippen LogP contribution in [0.4, 0.5) is 4.79 Å². The van der Waals surface area contributed by atoms with Crippen molar-refractivity contribution in [1.82, 2.24) is 5.32 Å². The first kappa shape index (κ1) is 14.0. The lowest BCUT2D eigenvalue weighted by atomic mass is 10.2. The molecule has 1 aliphatic heterocycles. The molecule has 0 spiro atoms. The summed E-state index contributed by atoms with van der Waals surface area (Å²) in [5, 5.41) is 21.1. The fraction of sp³-hybridized carbons (Fsp3) is 0.600. The summed E-state index contributed by atoms with van der Waals surface area (Å²) in [7, 11) is -1.14. The third-order valence-electron chi connectivity index (χ3n) is 1.85. The number of nitrogens with zero attached hydrogens (tertiary/aromatic N) is 1. The van der Waals surface area contributed by atoms with Crippen molar-refractivity contribution in [3.05, 3.63) is 11.1 Å². The first-order valence-corrected chi connectivity index (χ1v) is 6.66. The summed E-state index contributed by atoms with van der Waals surface area (Å²) in [4.78, 5) is 16.1. The topological polar surface area (TPSA) is 91.2 Å². The molecule has 0 aromatic rings. The van der Waals surface area contributed by atoms with Crippen molar-refractivity contribution < 1.29 is 19.7 Å². The molecule has 0 bridgehead atoms. The second-order valence-electron chi connectivity index (χ2n) is 4.43. The summed E-state index contributed by atoms with van der Waals surface area (Å²) in [6.07, 6.45) is 0.860. The van der Waals surface area contributed by atoms with E-state index in [1.165, 1.54) is 6.20 Å². The van der Waals surface area contributed by atoms with Gasteiger partial charge in [-0.05, 0) is 20.8 Å². The zero-order chi connectivity index (χ0) is 13.1. The monoisotopic (exact) mass is 262 g/mol. The molecule has 0 aromatic heterocycles. The van der Waals surface area contributed by atoms with Crippen LogP contribution >= 0.6 is 10.9 Å². The van der Waals surface area contributed by atoms with Crippen LogP contribution in [0.1, 0.15) is 20.8 Å². The first-order valence-electron chi connectivity index (χ1n) is 5.13. The number of ether oxygens (including phenoxy) is 1. The van der Waals surface area contributed by atoms with Crippen LogP contribution < -0.4 is 5.32 Å². The van der Waals surface area contributed by atoms with Gasteiger partial charge in [0.15, 0.2) is 5.17 Å². The molecule has 1 unspecified atom stereocenters. The number of amidine groups is 1. The molecule has 1 aliphatic rings. The Balaban J connectivity index is 2.57. The highest BCUT2D eigenvalue weighted by molar-refractivity contribution is 8.33. The van der Waals surface area contributed by atoms with Crippen molar-refractivity contribution >= 4 is 22.2 Å². The second kappa shape index (κ2) is 5.52. The van der Waals surface area contributed by atoms with Crippen LogP contribution in [0, 0.1) is 0 Å². The summed E-state index contributed by atoms with van der Waals surface area (Å²) in [5.74, 6) is -0.156. The molecular weight excluding hydrogens is 244 g/mol. The highest BCUT2D eigenvalue weighted by atomic mass is 32.2. The van der Waals surface area contributed by atoms with E-state index in [0.29, 0.717) is 10.1 Å². The van der Waals surface area contributed by atoms with E-state index in [0.717, 1.165) is 0 Å². The number of nitrogens with one attached hydrogen (secondary N) is 1. The molecule has 17 heavy (non-hydrogen) atoms. The largest absolute Gasteiger partial charge is 0.444 e. The van der Waals surface area contributed by atoms with Gasteiger partial charge in [-0.1, -0.05) is 0 Å². The molecule has 1 heterocycles. The van der Waals surface area contributed by atoms with Gasteiger partial charge in [0, 0.05) is 11.1 Å². The Kier molecular flexibility index (Phi) is 4.55. The summed E-state index contributed by atoms with van der Waals surface area (Å²) in [6, 6.07) is 0. The lowest BCUT2D eigenvalue weighted by Gasteiger charge is -2.22. The molecule has 3 N–H and O–H groups in total. The Hall–Kier alpha value is -1.05. The van der Waals surface area contributed by atoms with Gasteiger partial charge in [-0.2, -0.15) is 0 Å². The van der Waals surface area contributed by atoms with E-state index in [1.807, 2.05) is 0 Å². The minimum atomic E-state index is -1.14. The van der Waals surface area contributed by atoms with Crippen molar-refractivity contribution in [2.75, 3.05) is 12.5 Å². The zero-order valence-corrected chi connectivity index (χ0v) is 11.0. The number of thiol groups is 1. The Bertz CT molecular complexity index is 360. The fourth-order valence-corrected chi connectivity index (χ4v) is 2.57. The molecule has 1 atom stereocenters. The standard InChI is InChI=1S/C10H18N2O4S/c1-10(2,3)16-9(15)12-8-11-4-7(5-13)17(8)6-14/h4,13-14,17H,5-6H2,1-3H3,(H,11,12,15). The number of hydrogen-bond donors (Lipinski definition) is 4. The number of aliphatic hydroxyl groups excluding tert-OH is 2. The van der Waals surface area contributed by atoms with E-state index in [1.54, 1.807) is 20.8 Å². The highest BCUT2D eigenvalue weighted by Crippen LogP contribution is 2.38. The second-order valence-corrected chi connectivity index (χ2v) is 6.56. The van der Waals surface area contributed by atoms with Crippen molar-refractivity contribution in [2.45, 2.75) is 26.4 Å². The molecule has 0 radical (unpaired) electrons. The van der Waals surface area contributed by atoms with Gasteiger partial charge in [-0.15, -0.1) is 10.9 Å². The number of amides is 1. The molecule has 6 nitrogen and oxygen atoms in total. The van der Waals surface area contributed by atoms with Crippen LogP contribution in [0.5, 0.6) is 0 Å². The minimum absolute atomic E-state index is 0.156. The van der Waals surface area contributed by atoms with Gasteiger partial charge in [-0.3, -0.25) is 5.32 Å². The van der Waals surface area contributed by atoms with Crippen molar-refractivity contribution in [1.29, 1.82) is 0 Å². The Morgan fingerprint density at radius 2 is 2.18 bits per heavy atom. The van der Waals surface area contributed by atoms with E-state index in [4.69, 9.17) is 9.84 Å². The molecule has 0 saturated heterocycles. The van der Waals surface area contributed by atoms with E-state index in [-0.39, 0.29) is 12.5 Å². The summed E-state index contributed by atoms with van der Waals surface area (Å²) in [5.41, 5.74) is -0.585. The Labute approximate surface area is 103 Å². The number of alkyl carbamates (subject to hydrolysis) is 1. The van der Waals surface area contributed by atoms with Gasteiger partial charge in [0.05, 0.1) is 12.5 Å². The van der Waals surface area contributed by atoms with Gasteiger partial charge in [0.1, 0.15) is 5.60 Å². The molecule has 0 aliphatic carbocycles. The molecule has 1 amide bonds. The average Bonchev–Trinajstić information content (AvgIpc) is 2.56. The fourth-order valence-electron chi connectivity index (χ4n) is 1.19. The first-order chi connectivity index (χ1) is 7.87. The van der Waals surface area contributed by atoms with Crippen LogP contribution in [-0.4, -0.2) is 39.6 Å². The molecule has 0 saturated carbocycles. The van der Waals surface area contributed by atoms with Crippen LogP contribution in [0.3, 0.4) is 0 Å². The van der Waals surface area contributed by atoms with Crippen LogP contribution in [0.15, 0.2) is 16.1 Å². The third kappa shape index (κ3) is 4.03. The van der Waals surface area contributed by atoms with Crippen molar-refractivity contribution in [3.63, 3.8) is 0 Å². The molecular formula is C10H18N2O4S. The van der Waals surface area contributed by atoms with Crippen molar-refractivity contribution in [3.8, 4) is 0 Å². The van der Waals surface area contributed by atoms with Gasteiger partial charge in [-0.25, -0.2) is 9.79 Å². The maximum atomic E-state index is 11.5. The van der Waals surface area contributed by atoms with Gasteiger partial charge >= 0.3 is 6.09 Å².